The van der Waals surface area contributed by atoms with Gasteiger partial charge in [0.2, 0.25) is 0 Å². The van der Waals surface area contributed by atoms with Crippen molar-refractivity contribution in [1.82, 2.24) is 14.7 Å². The Morgan fingerprint density at radius 1 is 1.00 bits per heavy atom. The van der Waals surface area contributed by atoms with E-state index in [1.165, 1.54) is 0 Å². The summed E-state index contributed by atoms with van der Waals surface area (Å²) in [4.78, 5) is 28.0. The Hall–Kier alpha value is -4.97. The molecule has 0 aliphatic carbocycles. The molecule has 0 spiro atoms. The molecule has 5 rings (SSSR count). The van der Waals surface area contributed by atoms with E-state index in [1.54, 1.807) is 17.7 Å². The van der Waals surface area contributed by atoms with E-state index in [0.717, 1.165) is 21.7 Å². The van der Waals surface area contributed by atoms with Gasteiger partial charge in [-0.25, -0.2) is 4.68 Å². The average molecular weight is 621 g/mol. The molecule has 0 radical (unpaired) electrons. The van der Waals surface area contributed by atoms with E-state index in [4.69, 9.17) is 26.2 Å². The van der Waals surface area contributed by atoms with Crippen LogP contribution >= 0.6 is 11.6 Å². The predicted molar refractivity (Wildman–Crippen MR) is 173 cm³/mol. The van der Waals surface area contributed by atoms with Crippen LogP contribution in [0.1, 0.15) is 38.3 Å². The van der Waals surface area contributed by atoms with Gasteiger partial charge in [-0.15, -0.1) is 0 Å². The highest BCUT2D eigenvalue weighted by Crippen LogP contribution is 2.32. The molecular formula is C36H33ClN4O4. The maximum atomic E-state index is 13.8. The molecule has 0 bridgehead atoms. The van der Waals surface area contributed by atoms with Crippen LogP contribution in [0.2, 0.25) is 5.02 Å². The van der Waals surface area contributed by atoms with Gasteiger partial charge in [0.25, 0.3) is 11.8 Å². The van der Waals surface area contributed by atoms with E-state index in [9.17, 15) is 14.9 Å². The first-order valence-corrected chi connectivity index (χ1v) is 15.1. The largest absolute Gasteiger partial charge is 0.489 e. The fourth-order valence-electron chi connectivity index (χ4n) is 4.94. The number of nitrogens with zero attached hydrogens (tertiary/aromatic N) is 4. The highest BCUT2D eigenvalue weighted by Gasteiger charge is 2.35. The van der Waals surface area contributed by atoms with E-state index in [2.05, 4.69) is 0 Å². The number of amides is 2. The summed E-state index contributed by atoms with van der Waals surface area (Å²) < 4.78 is 13.4. The number of carbonyl (C=O) groups is 2. The first kappa shape index (κ1) is 31.5. The van der Waals surface area contributed by atoms with Crippen molar-refractivity contribution in [2.75, 3.05) is 13.2 Å². The number of ether oxygens (including phenoxy) is 2. The molecule has 0 saturated carbocycles. The third-order valence-electron chi connectivity index (χ3n) is 7.29. The summed E-state index contributed by atoms with van der Waals surface area (Å²) in [5.41, 5.74) is 4.38. The second-order valence-corrected chi connectivity index (χ2v) is 11.3. The van der Waals surface area contributed by atoms with E-state index < -0.39 is 11.8 Å². The van der Waals surface area contributed by atoms with Crippen molar-refractivity contribution in [3.8, 4) is 28.8 Å². The van der Waals surface area contributed by atoms with Gasteiger partial charge in [-0.05, 0) is 80.8 Å². The average Bonchev–Trinajstić information content (AvgIpc) is 3.47. The summed E-state index contributed by atoms with van der Waals surface area (Å²) in [5, 5.41) is 15.4. The molecule has 3 aromatic carbocycles. The Morgan fingerprint density at radius 2 is 1.76 bits per heavy atom. The Bertz CT molecular complexity index is 1800. The molecule has 1 aliphatic rings. The Labute approximate surface area is 267 Å². The van der Waals surface area contributed by atoms with Gasteiger partial charge in [0.1, 0.15) is 29.7 Å². The number of carbonyl (C=O) groups excluding carboxylic acids is 2. The highest BCUT2D eigenvalue weighted by molar-refractivity contribution is 6.30. The summed E-state index contributed by atoms with van der Waals surface area (Å²) in [7, 11) is 0. The lowest BCUT2D eigenvalue weighted by atomic mass is 9.93. The van der Waals surface area contributed by atoms with E-state index in [-0.39, 0.29) is 23.8 Å². The number of para-hydroxylation sites is 1. The molecule has 1 aliphatic heterocycles. The molecule has 8 nitrogen and oxygen atoms in total. The van der Waals surface area contributed by atoms with E-state index >= 15 is 0 Å². The fraction of sp³-hybridized carbons (Fsp3) is 0.222. The van der Waals surface area contributed by atoms with Crippen LogP contribution in [-0.4, -0.2) is 45.8 Å². The Morgan fingerprint density at radius 3 is 2.47 bits per heavy atom. The zero-order valence-corrected chi connectivity index (χ0v) is 26.1. The zero-order valence-electron chi connectivity index (χ0n) is 25.4. The molecule has 2 heterocycles. The van der Waals surface area contributed by atoms with Gasteiger partial charge in [-0.1, -0.05) is 54.1 Å². The van der Waals surface area contributed by atoms with Gasteiger partial charge in [0.05, 0.1) is 11.8 Å². The van der Waals surface area contributed by atoms with Crippen LogP contribution in [0.25, 0.3) is 23.0 Å². The topological polar surface area (TPSA) is 97.5 Å². The lowest BCUT2D eigenvalue weighted by Crippen LogP contribution is -2.43. The van der Waals surface area contributed by atoms with Crippen LogP contribution in [-0.2, 0) is 20.9 Å². The van der Waals surface area contributed by atoms with Crippen LogP contribution in [0, 0.1) is 11.3 Å². The third-order valence-corrected chi connectivity index (χ3v) is 7.54. The number of benzene rings is 3. The molecular weight excluding hydrogens is 588 g/mol. The van der Waals surface area contributed by atoms with Crippen LogP contribution < -0.4 is 4.74 Å². The summed E-state index contributed by atoms with van der Waals surface area (Å²) in [6.45, 7) is 6.37. The van der Waals surface area contributed by atoms with E-state index in [1.807, 2.05) is 105 Å². The zero-order chi connectivity index (χ0) is 31.9. The maximum Gasteiger partial charge on any atom is 0.271 e. The maximum absolute atomic E-state index is 13.8. The summed E-state index contributed by atoms with van der Waals surface area (Å²) in [6.07, 6.45) is 4.04. The molecule has 0 fully saturated rings. The van der Waals surface area contributed by atoms with Crippen molar-refractivity contribution in [2.45, 2.75) is 39.9 Å². The molecule has 228 valence electrons. The molecule has 9 heteroatoms. The SMILES string of the molecule is CC1=C(C#N)C(=O)N(CCCOC(C)C)C(=O)/C1=C/c1cn(-c2ccccc2)nc1-c1cccc(OCc2ccc(Cl)cc2)c1. The molecule has 0 N–H and O–H groups in total. The van der Waals surface area contributed by atoms with Gasteiger partial charge in [-0.3, -0.25) is 14.5 Å². The molecule has 0 unspecified atom stereocenters. The molecule has 0 saturated heterocycles. The van der Waals surface area contributed by atoms with Gasteiger partial charge in [0.15, 0.2) is 0 Å². The standard InChI is InChI=1S/C36H33ClN4O4/c1-24(2)44-18-8-17-40-35(42)32(25(3)33(21-38)36(40)43)20-28-22-41(30-10-5-4-6-11-30)39-34(28)27-9-7-12-31(19-27)45-23-26-13-15-29(37)16-14-26/h4-7,9-16,19-20,22,24H,8,17-18,23H2,1-3H3/b32-20+. The van der Waals surface area contributed by atoms with Crippen LogP contribution in [0.15, 0.2) is 102 Å². The van der Waals surface area contributed by atoms with Gasteiger partial charge in [-0.2, -0.15) is 10.4 Å². The van der Waals surface area contributed by atoms with Crippen LogP contribution in [0.3, 0.4) is 0 Å². The number of hydrogen-bond acceptors (Lipinski definition) is 6. The first-order valence-electron chi connectivity index (χ1n) is 14.7. The van der Waals surface area contributed by atoms with Gasteiger partial charge < -0.3 is 9.47 Å². The molecule has 1 aromatic heterocycles. The smallest absolute Gasteiger partial charge is 0.271 e. The molecule has 2 amide bonds. The lowest BCUT2D eigenvalue weighted by Gasteiger charge is -2.27. The van der Waals surface area contributed by atoms with Crippen LogP contribution in [0.4, 0.5) is 0 Å². The Balaban J connectivity index is 1.53. The number of imide groups is 1. The summed E-state index contributed by atoms with van der Waals surface area (Å²) >= 11 is 6.02. The van der Waals surface area contributed by atoms with Crippen LogP contribution in [0.5, 0.6) is 5.75 Å². The monoisotopic (exact) mass is 620 g/mol. The number of rotatable bonds is 11. The first-order chi connectivity index (χ1) is 21.7. The van der Waals surface area contributed by atoms with Crippen molar-refractivity contribution < 1.29 is 19.1 Å². The number of aromatic nitrogens is 2. The lowest BCUT2D eigenvalue weighted by molar-refractivity contribution is -0.140. The second-order valence-electron chi connectivity index (χ2n) is 10.9. The van der Waals surface area contributed by atoms with Crippen molar-refractivity contribution in [2.24, 2.45) is 0 Å². The highest BCUT2D eigenvalue weighted by atomic mass is 35.5. The van der Waals surface area contributed by atoms with Crippen molar-refractivity contribution in [3.05, 3.63) is 118 Å². The van der Waals surface area contributed by atoms with Gasteiger partial charge in [0, 0.05) is 41.1 Å². The Kier molecular flexibility index (Phi) is 9.93. The number of hydrogen-bond donors (Lipinski definition) is 0. The third kappa shape index (κ3) is 7.40. The minimum atomic E-state index is -0.590. The summed E-state index contributed by atoms with van der Waals surface area (Å²) in [6, 6.07) is 26.7. The predicted octanol–water partition coefficient (Wildman–Crippen LogP) is 7.18. The summed E-state index contributed by atoms with van der Waals surface area (Å²) in [5.74, 6) is -0.403. The number of nitriles is 1. The fourth-order valence-corrected chi connectivity index (χ4v) is 5.07. The minimum Gasteiger partial charge on any atom is -0.489 e. The van der Waals surface area contributed by atoms with Crippen molar-refractivity contribution in [1.29, 1.82) is 5.26 Å². The van der Waals surface area contributed by atoms with E-state index in [0.29, 0.717) is 47.2 Å². The molecule has 4 aromatic rings. The number of halogens is 1. The second kappa shape index (κ2) is 14.2. The van der Waals surface area contributed by atoms with Crippen molar-refractivity contribution >= 4 is 29.5 Å². The van der Waals surface area contributed by atoms with Gasteiger partial charge >= 0.3 is 0 Å². The quantitative estimate of drug-likeness (QED) is 0.100. The molecule has 45 heavy (non-hydrogen) atoms. The normalized spacial score (nSPS) is 14.4. The molecule has 0 atom stereocenters. The van der Waals surface area contributed by atoms with Crippen molar-refractivity contribution in [3.63, 3.8) is 0 Å². The minimum absolute atomic E-state index is 0.0333.